The standard InChI is InChI=1S/C8H19BO2Si/c1-8(2)6-10-9(11-7-8)12(3,4)5/h6-7H2,1-5H3. The van der Waals surface area contributed by atoms with Crippen molar-refractivity contribution < 1.29 is 9.31 Å². The van der Waals surface area contributed by atoms with Crippen molar-refractivity contribution in [2.24, 2.45) is 5.41 Å². The lowest BCUT2D eigenvalue weighted by Crippen LogP contribution is -2.53. The van der Waals surface area contributed by atoms with Gasteiger partial charge >= 0.3 is 6.71 Å². The summed E-state index contributed by atoms with van der Waals surface area (Å²) < 4.78 is 11.4. The van der Waals surface area contributed by atoms with Crippen molar-refractivity contribution in [3.63, 3.8) is 0 Å². The van der Waals surface area contributed by atoms with E-state index in [-0.39, 0.29) is 12.1 Å². The van der Waals surface area contributed by atoms with Crippen LogP contribution >= 0.6 is 0 Å². The molecule has 4 heteroatoms. The Morgan fingerprint density at radius 1 is 1.08 bits per heavy atom. The first-order valence-corrected chi connectivity index (χ1v) is 8.12. The Kier molecular flexibility index (Phi) is 2.71. The van der Waals surface area contributed by atoms with E-state index in [0.29, 0.717) is 0 Å². The molecule has 0 amide bonds. The summed E-state index contributed by atoms with van der Waals surface area (Å²) in [5.41, 5.74) is 0.205. The van der Waals surface area contributed by atoms with Crippen LogP contribution in [-0.2, 0) is 9.31 Å². The first-order valence-electron chi connectivity index (χ1n) is 4.54. The van der Waals surface area contributed by atoms with E-state index in [0.717, 1.165) is 13.2 Å². The Bertz CT molecular complexity index is 155. The summed E-state index contributed by atoms with van der Waals surface area (Å²) in [5, 5.41) is 0. The highest BCUT2D eigenvalue weighted by molar-refractivity contribution is 7.26. The average molecular weight is 186 g/mol. The Balaban J connectivity index is 2.47. The summed E-state index contributed by atoms with van der Waals surface area (Å²) >= 11 is 0. The van der Waals surface area contributed by atoms with Crippen molar-refractivity contribution in [3.05, 3.63) is 0 Å². The van der Waals surface area contributed by atoms with Crippen LogP contribution in [0.15, 0.2) is 0 Å². The van der Waals surface area contributed by atoms with E-state index in [1.165, 1.54) is 0 Å². The van der Waals surface area contributed by atoms with Gasteiger partial charge in [-0.05, 0) is 0 Å². The van der Waals surface area contributed by atoms with Crippen LogP contribution in [0, 0.1) is 5.41 Å². The number of hydrogen-bond donors (Lipinski definition) is 0. The smallest absolute Gasteiger partial charge is 0.413 e. The molecule has 0 saturated carbocycles. The molecule has 12 heavy (non-hydrogen) atoms. The quantitative estimate of drug-likeness (QED) is 0.583. The maximum absolute atomic E-state index is 5.70. The second-order valence-corrected chi connectivity index (χ2v) is 10.7. The molecular weight excluding hydrogens is 167 g/mol. The van der Waals surface area contributed by atoms with Crippen molar-refractivity contribution in [1.82, 2.24) is 0 Å². The Hall–Kier alpha value is 0.202. The minimum Gasteiger partial charge on any atom is -0.413 e. The Labute approximate surface area is 76.7 Å². The molecule has 0 spiro atoms. The summed E-state index contributed by atoms with van der Waals surface area (Å²) in [6.07, 6.45) is 0. The first kappa shape index (κ1) is 10.3. The van der Waals surface area contributed by atoms with E-state index in [1.807, 2.05) is 0 Å². The van der Waals surface area contributed by atoms with Gasteiger partial charge in [0.25, 0.3) is 0 Å². The van der Waals surface area contributed by atoms with Crippen molar-refractivity contribution >= 4 is 14.7 Å². The second-order valence-electron chi connectivity index (χ2n) is 5.48. The molecular formula is C8H19BO2Si. The van der Waals surface area contributed by atoms with E-state index in [1.54, 1.807) is 0 Å². The molecule has 1 heterocycles. The molecule has 0 aromatic heterocycles. The van der Waals surface area contributed by atoms with Crippen molar-refractivity contribution in [3.8, 4) is 0 Å². The molecule has 1 saturated heterocycles. The van der Waals surface area contributed by atoms with Crippen LogP contribution in [0.1, 0.15) is 13.8 Å². The van der Waals surface area contributed by atoms with Gasteiger partial charge in [-0.3, -0.25) is 0 Å². The third-order valence-electron chi connectivity index (χ3n) is 1.96. The molecule has 0 bridgehead atoms. The fourth-order valence-corrected chi connectivity index (χ4v) is 2.36. The lowest BCUT2D eigenvalue weighted by atomic mass is 9.94. The van der Waals surface area contributed by atoms with Crippen molar-refractivity contribution in [1.29, 1.82) is 0 Å². The molecule has 0 N–H and O–H groups in total. The zero-order valence-electron chi connectivity index (χ0n) is 8.81. The molecule has 0 aliphatic carbocycles. The number of rotatable bonds is 1. The average Bonchev–Trinajstić information content (AvgIpc) is 1.83. The predicted octanol–water partition coefficient (Wildman–Crippen LogP) is 1.96. The third-order valence-corrected chi connectivity index (χ3v) is 3.71. The van der Waals surface area contributed by atoms with E-state index < -0.39 is 7.94 Å². The summed E-state index contributed by atoms with van der Waals surface area (Å²) in [6, 6.07) is 0. The maximum atomic E-state index is 5.70. The van der Waals surface area contributed by atoms with Crippen LogP contribution in [0.5, 0.6) is 0 Å². The summed E-state index contributed by atoms with van der Waals surface area (Å²) in [5.74, 6) is 0. The fraction of sp³-hybridized carbons (Fsp3) is 1.00. The fourth-order valence-electron chi connectivity index (χ4n) is 1.19. The van der Waals surface area contributed by atoms with Crippen LogP contribution < -0.4 is 0 Å². The van der Waals surface area contributed by atoms with E-state index in [9.17, 15) is 0 Å². The number of hydrogen-bond acceptors (Lipinski definition) is 2. The lowest BCUT2D eigenvalue weighted by molar-refractivity contribution is 0.0363. The molecule has 0 atom stereocenters. The minimum absolute atomic E-state index is 0.102. The summed E-state index contributed by atoms with van der Waals surface area (Å²) in [6.45, 7) is 12.9. The normalized spacial score (nSPS) is 24.2. The van der Waals surface area contributed by atoms with Gasteiger partial charge in [-0.25, -0.2) is 0 Å². The SMILES string of the molecule is CC1(C)COB([Si](C)(C)C)OC1. The van der Waals surface area contributed by atoms with Crippen molar-refractivity contribution in [2.45, 2.75) is 33.5 Å². The Morgan fingerprint density at radius 2 is 1.50 bits per heavy atom. The third kappa shape index (κ3) is 2.61. The van der Waals surface area contributed by atoms with Crippen molar-refractivity contribution in [2.75, 3.05) is 13.2 Å². The molecule has 1 fully saturated rings. The molecule has 1 aliphatic heterocycles. The van der Waals surface area contributed by atoms with Crippen LogP contribution in [0.4, 0.5) is 0 Å². The second kappa shape index (κ2) is 3.16. The minimum atomic E-state index is -1.26. The van der Waals surface area contributed by atoms with Gasteiger partial charge in [0.2, 0.25) is 0 Å². The largest absolute Gasteiger partial charge is 0.431 e. The summed E-state index contributed by atoms with van der Waals surface area (Å²) in [4.78, 5) is 0. The van der Waals surface area contributed by atoms with Crippen LogP contribution in [0.2, 0.25) is 19.6 Å². The van der Waals surface area contributed by atoms with Gasteiger partial charge in [-0.1, -0.05) is 33.5 Å². The summed E-state index contributed by atoms with van der Waals surface area (Å²) in [7, 11) is -1.26. The lowest BCUT2D eigenvalue weighted by Gasteiger charge is -2.37. The first-order chi connectivity index (χ1) is 5.31. The Morgan fingerprint density at radius 3 is 1.83 bits per heavy atom. The maximum Gasteiger partial charge on any atom is 0.431 e. The predicted molar refractivity (Wildman–Crippen MR) is 54.8 cm³/mol. The van der Waals surface area contributed by atoms with E-state index in [2.05, 4.69) is 33.5 Å². The van der Waals surface area contributed by atoms with Crippen LogP contribution in [0.25, 0.3) is 0 Å². The molecule has 1 aliphatic rings. The van der Waals surface area contributed by atoms with Gasteiger partial charge in [0.1, 0.15) is 0 Å². The van der Waals surface area contributed by atoms with Crippen LogP contribution in [0.3, 0.4) is 0 Å². The van der Waals surface area contributed by atoms with Gasteiger partial charge < -0.3 is 9.31 Å². The van der Waals surface area contributed by atoms with Gasteiger partial charge in [0.15, 0.2) is 0 Å². The van der Waals surface area contributed by atoms with Gasteiger partial charge in [0, 0.05) is 18.6 Å². The molecule has 0 unspecified atom stereocenters. The highest BCUT2D eigenvalue weighted by Crippen LogP contribution is 2.24. The highest BCUT2D eigenvalue weighted by Gasteiger charge is 2.41. The monoisotopic (exact) mass is 186 g/mol. The van der Waals surface area contributed by atoms with Gasteiger partial charge in [-0.2, -0.15) is 0 Å². The molecule has 70 valence electrons. The molecule has 2 nitrogen and oxygen atoms in total. The highest BCUT2D eigenvalue weighted by atomic mass is 28.3. The molecule has 0 radical (unpaired) electrons. The molecule has 0 aromatic rings. The van der Waals surface area contributed by atoms with E-state index >= 15 is 0 Å². The zero-order valence-corrected chi connectivity index (χ0v) is 9.81. The van der Waals surface area contributed by atoms with E-state index in [4.69, 9.17) is 9.31 Å². The van der Waals surface area contributed by atoms with Gasteiger partial charge in [0.05, 0.1) is 7.94 Å². The topological polar surface area (TPSA) is 18.5 Å². The zero-order chi connectivity index (χ0) is 9.41. The molecule has 1 rings (SSSR count). The van der Waals surface area contributed by atoms with Crippen LogP contribution in [-0.4, -0.2) is 27.9 Å². The molecule has 0 aromatic carbocycles. The van der Waals surface area contributed by atoms with Gasteiger partial charge in [-0.15, -0.1) is 0 Å².